The van der Waals surface area contributed by atoms with Gasteiger partial charge in [0, 0.05) is 45.3 Å². The van der Waals surface area contributed by atoms with E-state index in [1.807, 2.05) is 0 Å². The van der Waals surface area contributed by atoms with E-state index < -0.39 is 0 Å². The average Bonchev–Trinajstić information content (AvgIpc) is 2.73. The Labute approximate surface area is 170 Å². The molecule has 1 aliphatic heterocycles. The van der Waals surface area contributed by atoms with Crippen molar-refractivity contribution in [3.63, 3.8) is 0 Å². The first-order valence-electron chi connectivity index (χ1n) is 10.6. The van der Waals surface area contributed by atoms with E-state index >= 15 is 0 Å². The zero-order chi connectivity index (χ0) is 19.6. The molecule has 1 aliphatic rings. The molecule has 0 spiro atoms. The Balaban J connectivity index is 1.35. The van der Waals surface area contributed by atoms with Crippen molar-refractivity contribution in [3.8, 4) is 5.75 Å². The van der Waals surface area contributed by atoms with Gasteiger partial charge in [0.15, 0.2) is 0 Å². The van der Waals surface area contributed by atoms with E-state index in [4.69, 9.17) is 4.74 Å². The summed E-state index contributed by atoms with van der Waals surface area (Å²) in [6, 6.07) is 19.7. The number of benzene rings is 2. The average molecular weight is 382 g/mol. The number of rotatable bonds is 10. The molecule has 3 rings (SSSR count). The molecule has 28 heavy (non-hydrogen) atoms. The highest BCUT2D eigenvalue weighted by molar-refractivity contribution is 5.28. The Morgan fingerprint density at radius 1 is 0.964 bits per heavy atom. The molecule has 1 heterocycles. The summed E-state index contributed by atoms with van der Waals surface area (Å²) >= 11 is 0. The summed E-state index contributed by atoms with van der Waals surface area (Å²) < 4.78 is 5.96. The molecule has 0 aromatic heterocycles. The number of nitrogens with zero attached hydrogens (tertiary/aromatic N) is 2. The maximum Gasteiger partial charge on any atom is 0.119 e. The minimum atomic E-state index is 0.575. The standard InChI is InChI=1S/C24H35N3O/c1-21(27-15-13-26(2)14-16-27)19-25-20-23-10-6-12-24(18-23)28-17-7-11-22-8-4-3-5-9-22/h3-6,8-10,12,18,21,25H,7,11,13-17,19-20H2,1-2H3. The lowest BCUT2D eigenvalue weighted by atomic mass is 10.1. The van der Waals surface area contributed by atoms with Gasteiger partial charge in [0.1, 0.15) is 5.75 Å². The van der Waals surface area contributed by atoms with Crippen LogP contribution in [-0.4, -0.2) is 62.2 Å². The van der Waals surface area contributed by atoms with Crippen molar-refractivity contribution in [1.29, 1.82) is 0 Å². The number of aryl methyl sites for hydroxylation is 1. The number of likely N-dealkylation sites (N-methyl/N-ethyl adjacent to an activating group) is 1. The molecule has 152 valence electrons. The van der Waals surface area contributed by atoms with Gasteiger partial charge in [-0.1, -0.05) is 42.5 Å². The number of hydrogen-bond donors (Lipinski definition) is 1. The molecule has 1 N–H and O–H groups in total. The zero-order valence-electron chi connectivity index (χ0n) is 17.4. The van der Waals surface area contributed by atoms with Crippen molar-refractivity contribution in [2.24, 2.45) is 0 Å². The van der Waals surface area contributed by atoms with Crippen molar-refractivity contribution < 1.29 is 4.74 Å². The predicted molar refractivity (Wildman–Crippen MR) is 117 cm³/mol. The summed E-state index contributed by atoms with van der Waals surface area (Å²) in [5, 5.41) is 3.62. The van der Waals surface area contributed by atoms with Crippen LogP contribution in [-0.2, 0) is 13.0 Å². The Hall–Kier alpha value is -1.88. The molecule has 4 heteroatoms. The van der Waals surface area contributed by atoms with E-state index in [1.54, 1.807) is 0 Å². The fourth-order valence-electron chi connectivity index (χ4n) is 3.67. The van der Waals surface area contributed by atoms with Gasteiger partial charge in [0.2, 0.25) is 0 Å². The first kappa shape index (κ1) is 20.8. The topological polar surface area (TPSA) is 27.7 Å². The Morgan fingerprint density at radius 3 is 2.50 bits per heavy atom. The van der Waals surface area contributed by atoms with Crippen molar-refractivity contribution in [3.05, 3.63) is 65.7 Å². The minimum Gasteiger partial charge on any atom is -0.494 e. The summed E-state index contributed by atoms with van der Waals surface area (Å²) in [6.07, 6.45) is 2.10. The highest BCUT2D eigenvalue weighted by Gasteiger charge is 2.18. The molecule has 0 saturated carbocycles. The van der Waals surface area contributed by atoms with Gasteiger partial charge in [-0.25, -0.2) is 0 Å². The van der Waals surface area contributed by atoms with Crippen LogP contribution >= 0.6 is 0 Å². The molecule has 1 saturated heterocycles. The molecule has 4 nitrogen and oxygen atoms in total. The van der Waals surface area contributed by atoms with Crippen LogP contribution in [0.5, 0.6) is 5.75 Å². The summed E-state index contributed by atoms with van der Waals surface area (Å²) in [6.45, 7) is 9.68. The maximum atomic E-state index is 5.96. The molecule has 1 atom stereocenters. The predicted octanol–water partition coefficient (Wildman–Crippen LogP) is 3.42. The zero-order valence-corrected chi connectivity index (χ0v) is 17.4. The van der Waals surface area contributed by atoms with Crippen molar-refractivity contribution in [2.75, 3.05) is 46.4 Å². The number of ether oxygens (including phenoxy) is 1. The van der Waals surface area contributed by atoms with Crippen molar-refractivity contribution in [1.82, 2.24) is 15.1 Å². The normalized spacial score (nSPS) is 16.8. The van der Waals surface area contributed by atoms with E-state index in [9.17, 15) is 0 Å². The lowest BCUT2D eigenvalue weighted by Crippen LogP contribution is -2.50. The van der Waals surface area contributed by atoms with Crippen LogP contribution in [0.15, 0.2) is 54.6 Å². The first-order valence-corrected chi connectivity index (χ1v) is 10.6. The van der Waals surface area contributed by atoms with Gasteiger partial charge in [0.05, 0.1) is 6.61 Å². The van der Waals surface area contributed by atoms with Crippen LogP contribution in [0.1, 0.15) is 24.5 Å². The lowest BCUT2D eigenvalue weighted by Gasteiger charge is -2.36. The monoisotopic (exact) mass is 381 g/mol. The van der Waals surface area contributed by atoms with Gasteiger partial charge in [-0.2, -0.15) is 0 Å². The molecule has 0 radical (unpaired) electrons. The third-order valence-electron chi connectivity index (χ3n) is 5.55. The van der Waals surface area contributed by atoms with Crippen LogP contribution in [0, 0.1) is 0 Å². The Bertz CT molecular complexity index is 683. The molecule has 2 aromatic carbocycles. The van der Waals surface area contributed by atoms with E-state index in [2.05, 4.69) is 83.7 Å². The number of hydrogen-bond acceptors (Lipinski definition) is 4. The number of nitrogens with one attached hydrogen (secondary N) is 1. The van der Waals surface area contributed by atoms with E-state index in [0.717, 1.165) is 38.3 Å². The number of piperazine rings is 1. The second-order valence-electron chi connectivity index (χ2n) is 7.90. The second-order valence-corrected chi connectivity index (χ2v) is 7.90. The molecule has 0 aliphatic carbocycles. The van der Waals surface area contributed by atoms with Gasteiger partial charge in [-0.15, -0.1) is 0 Å². The third kappa shape index (κ3) is 6.93. The first-order chi connectivity index (χ1) is 13.7. The highest BCUT2D eigenvalue weighted by Crippen LogP contribution is 2.14. The summed E-state index contributed by atoms with van der Waals surface area (Å²) in [5.41, 5.74) is 2.66. The van der Waals surface area contributed by atoms with Crippen LogP contribution in [0.4, 0.5) is 0 Å². The van der Waals surface area contributed by atoms with Gasteiger partial charge >= 0.3 is 0 Å². The summed E-state index contributed by atoms with van der Waals surface area (Å²) in [7, 11) is 2.21. The van der Waals surface area contributed by atoms with Crippen LogP contribution in [0.2, 0.25) is 0 Å². The van der Waals surface area contributed by atoms with E-state index in [-0.39, 0.29) is 0 Å². The fraction of sp³-hybridized carbons (Fsp3) is 0.500. The van der Waals surface area contributed by atoms with Crippen molar-refractivity contribution >= 4 is 0 Å². The van der Waals surface area contributed by atoms with E-state index in [0.29, 0.717) is 6.04 Å². The van der Waals surface area contributed by atoms with Gasteiger partial charge in [0.25, 0.3) is 0 Å². The van der Waals surface area contributed by atoms with Crippen LogP contribution < -0.4 is 10.1 Å². The lowest BCUT2D eigenvalue weighted by molar-refractivity contribution is 0.118. The molecular formula is C24H35N3O. The SMILES string of the molecule is CC(CNCc1cccc(OCCCc2ccccc2)c1)N1CCN(C)CC1. The Kier molecular flexibility index (Phi) is 8.34. The van der Waals surface area contributed by atoms with Gasteiger partial charge in [-0.3, -0.25) is 4.90 Å². The third-order valence-corrected chi connectivity index (χ3v) is 5.55. The van der Waals surface area contributed by atoms with Gasteiger partial charge in [-0.05, 0) is 50.1 Å². The molecule has 0 bridgehead atoms. The van der Waals surface area contributed by atoms with Crippen LogP contribution in [0.25, 0.3) is 0 Å². The fourth-order valence-corrected chi connectivity index (χ4v) is 3.67. The maximum absolute atomic E-state index is 5.96. The summed E-state index contributed by atoms with van der Waals surface area (Å²) in [4.78, 5) is 4.99. The van der Waals surface area contributed by atoms with E-state index in [1.165, 1.54) is 37.3 Å². The minimum absolute atomic E-state index is 0.575. The summed E-state index contributed by atoms with van der Waals surface area (Å²) in [5.74, 6) is 0.972. The molecule has 2 aromatic rings. The van der Waals surface area contributed by atoms with Crippen LogP contribution in [0.3, 0.4) is 0 Å². The highest BCUT2D eigenvalue weighted by atomic mass is 16.5. The quantitative estimate of drug-likeness (QED) is 0.638. The molecular weight excluding hydrogens is 346 g/mol. The second kappa shape index (κ2) is 11.2. The smallest absolute Gasteiger partial charge is 0.119 e. The molecule has 0 amide bonds. The van der Waals surface area contributed by atoms with Crippen molar-refractivity contribution in [2.45, 2.75) is 32.4 Å². The molecule has 1 unspecified atom stereocenters. The molecule has 1 fully saturated rings. The Morgan fingerprint density at radius 2 is 1.71 bits per heavy atom. The largest absolute Gasteiger partial charge is 0.494 e. The van der Waals surface area contributed by atoms with Gasteiger partial charge < -0.3 is 15.0 Å².